The SMILES string of the molecule is CC.CNC(C)C(=O)N[C@H](C(=O)N1CC(NC(=O)c2cccc(C(=O)N[C@H]3C[C@@H](CN(N)/C(=N\N)Sc4ccccc4)N(C(=O)C(NC(=O)[C@H](C)NC)C(C)(C)C)C3)c2)CC1CN1NNN=C1Sc1ccccc1)C(C)(C)C. The Morgan fingerprint density at radius 2 is 1.18 bits per heavy atom. The first-order valence-electron chi connectivity index (χ1n) is 26.4. The zero-order valence-corrected chi connectivity index (χ0v) is 48.7. The third-order valence-electron chi connectivity index (χ3n) is 13.5. The van der Waals surface area contributed by atoms with Crippen LogP contribution in [0, 0.1) is 10.8 Å². The van der Waals surface area contributed by atoms with E-state index in [9.17, 15) is 28.8 Å². The van der Waals surface area contributed by atoms with Crippen LogP contribution < -0.4 is 54.7 Å². The lowest BCUT2D eigenvalue weighted by molar-refractivity contribution is -0.141. The van der Waals surface area contributed by atoms with Crippen molar-refractivity contribution in [2.45, 2.75) is 140 Å². The first kappa shape index (κ1) is 62.4. The third-order valence-corrected chi connectivity index (χ3v) is 15.6. The first-order valence-corrected chi connectivity index (χ1v) is 28.0. The number of thioether (sulfide) groups is 2. The Labute approximate surface area is 468 Å². The Morgan fingerprint density at radius 3 is 1.64 bits per heavy atom. The Hall–Kier alpha value is -6.44. The maximum absolute atomic E-state index is 14.7. The molecule has 12 N–H and O–H groups in total. The number of nitrogens with one attached hydrogen (secondary N) is 8. The van der Waals surface area contributed by atoms with Crippen molar-refractivity contribution in [3.63, 3.8) is 0 Å². The number of hydrogen-bond donors (Lipinski definition) is 10. The number of hydrazine groups is 3. The summed E-state index contributed by atoms with van der Waals surface area (Å²) in [4.78, 5) is 89.5. The minimum absolute atomic E-state index is 0.0975. The minimum atomic E-state index is -0.928. The highest BCUT2D eigenvalue weighted by molar-refractivity contribution is 8.14. The third kappa shape index (κ3) is 16.8. The molecule has 6 rings (SSSR count). The van der Waals surface area contributed by atoms with Crippen LogP contribution in [0.5, 0.6) is 0 Å². The van der Waals surface area contributed by atoms with Gasteiger partial charge in [0.15, 0.2) is 0 Å². The van der Waals surface area contributed by atoms with E-state index >= 15 is 0 Å². The summed E-state index contributed by atoms with van der Waals surface area (Å²) in [5.41, 5.74) is 4.96. The van der Waals surface area contributed by atoms with Crippen LogP contribution in [0.1, 0.15) is 103 Å². The largest absolute Gasteiger partial charge is 0.347 e. The molecule has 6 amide bonds. The Bertz CT molecular complexity index is 2580. The molecular formula is C54H82N16O6S2. The number of benzene rings is 3. The molecule has 22 nitrogen and oxygen atoms in total. The van der Waals surface area contributed by atoms with E-state index in [2.05, 4.69) is 53.2 Å². The van der Waals surface area contributed by atoms with Crippen molar-refractivity contribution < 1.29 is 28.8 Å². The number of likely N-dealkylation sites (tertiary alicyclic amines) is 2. The Kier molecular flexibility index (Phi) is 22.8. The normalized spacial score (nSPS) is 20.0. The number of rotatable bonds is 18. The van der Waals surface area contributed by atoms with Crippen molar-refractivity contribution in [1.82, 2.24) is 62.8 Å². The van der Waals surface area contributed by atoms with Gasteiger partial charge < -0.3 is 47.5 Å². The van der Waals surface area contributed by atoms with Crippen molar-refractivity contribution in [3.05, 3.63) is 96.1 Å². The van der Waals surface area contributed by atoms with Crippen LogP contribution in [0.4, 0.5) is 0 Å². The number of nitrogens with zero attached hydrogens (tertiary/aromatic N) is 6. The fraction of sp³-hybridized carbons (Fsp3) is 0.519. The van der Waals surface area contributed by atoms with Gasteiger partial charge in [-0.1, -0.05) is 97.9 Å². The van der Waals surface area contributed by atoms with Gasteiger partial charge in [-0.25, -0.2) is 11.4 Å². The number of amidine groups is 2. The van der Waals surface area contributed by atoms with Crippen LogP contribution in [-0.4, -0.2) is 154 Å². The standard InChI is InChI=1S/C52H76N16O6S2.C2H6/c1-31(55-9)43(69)59-41(51(3,4)5)47(73)65-27-35(25-37(65)29-67(54)49(61-53)75-39-20-13-11-14-21-39)57-45(71)33-18-17-19-34(24-33)46(72)58-36-26-38(30-68-50(62-63-64-68)76-40-22-15-12-16-23-40)66(28-36)48(74)42(52(6,7)8)60-44(70)32(2)56-10;1-2/h11-24,31-32,35-38,41-42,55-56,63-64H,25-30,53-54H2,1-10H3,(H,57,71)(H,58,72)(H,59,69)(H,60,70);1-2H3/b61-49+;/t31-,32?,35-,36?,37-,38?,41?,42+;/m0./s1. The highest BCUT2D eigenvalue weighted by Crippen LogP contribution is 2.31. The molecule has 426 valence electrons. The van der Waals surface area contributed by atoms with Crippen LogP contribution in [0.15, 0.2) is 105 Å². The second-order valence-corrected chi connectivity index (χ2v) is 23.5. The molecule has 0 spiro atoms. The van der Waals surface area contributed by atoms with Gasteiger partial charge in [0, 0.05) is 46.1 Å². The van der Waals surface area contributed by atoms with Crippen molar-refractivity contribution in [2.24, 2.45) is 32.7 Å². The van der Waals surface area contributed by atoms with Gasteiger partial charge in [0.2, 0.25) is 34.0 Å². The van der Waals surface area contributed by atoms with Gasteiger partial charge in [0.05, 0.1) is 37.3 Å². The van der Waals surface area contributed by atoms with Crippen molar-refractivity contribution in [2.75, 3.05) is 40.3 Å². The minimum Gasteiger partial charge on any atom is -0.347 e. The van der Waals surface area contributed by atoms with Gasteiger partial charge in [-0.05, 0) is 118 Å². The molecule has 2 fully saturated rings. The topological polar surface area (TPSA) is 288 Å². The number of amides is 6. The number of carbonyl (C=O) groups excluding carboxylic acids is 6. The number of hydrazone groups is 2. The van der Waals surface area contributed by atoms with Gasteiger partial charge in [-0.15, -0.1) is 10.6 Å². The molecule has 3 aliphatic rings. The molecule has 3 heterocycles. The molecule has 0 saturated carbocycles. The van der Waals surface area contributed by atoms with Crippen LogP contribution >= 0.6 is 23.5 Å². The second-order valence-electron chi connectivity index (χ2n) is 21.4. The van der Waals surface area contributed by atoms with Crippen molar-refractivity contribution in [1.29, 1.82) is 0 Å². The lowest BCUT2D eigenvalue weighted by atomic mass is 9.85. The highest BCUT2D eigenvalue weighted by Gasteiger charge is 2.46. The molecule has 0 radical (unpaired) electrons. The summed E-state index contributed by atoms with van der Waals surface area (Å²) in [7, 11) is 3.34. The van der Waals surface area contributed by atoms with Crippen LogP contribution in [0.25, 0.3) is 0 Å². The summed E-state index contributed by atoms with van der Waals surface area (Å²) in [5, 5.41) is 30.5. The van der Waals surface area contributed by atoms with Crippen molar-refractivity contribution in [3.8, 4) is 0 Å². The van der Waals surface area contributed by atoms with Gasteiger partial charge in [-0.3, -0.25) is 38.8 Å². The summed E-state index contributed by atoms with van der Waals surface area (Å²) >= 11 is 2.70. The highest BCUT2D eigenvalue weighted by atomic mass is 32.2. The smallest absolute Gasteiger partial charge is 0.251 e. The van der Waals surface area contributed by atoms with E-state index in [1.54, 1.807) is 55.9 Å². The van der Waals surface area contributed by atoms with E-state index in [1.165, 1.54) is 34.6 Å². The molecular weight excluding hydrogens is 1030 g/mol. The molecule has 2 saturated heterocycles. The van der Waals surface area contributed by atoms with Gasteiger partial charge in [-0.2, -0.15) is 5.10 Å². The summed E-state index contributed by atoms with van der Waals surface area (Å²) in [6.07, 6.45) is 0.664. The second kappa shape index (κ2) is 28.4. The Morgan fingerprint density at radius 1 is 0.718 bits per heavy atom. The predicted octanol–water partition coefficient (Wildman–Crippen LogP) is 2.97. The monoisotopic (exact) mass is 1110 g/mol. The van der Waals surface area contributed by atoms with E-state index in [1.807, 2.05) is 121 Å². The summed E-state index contributed by atoms with van der Waals surface area (Å²) in [5.74, 6) is 10.3. The average Bonchev–Trinajstić information content (AvgIpc) is 4.20. The molecule has 0 aliphatic carbocycles. The lowest BCUT2D eigenvalue weighted by Gasteiger charge is -2.37. The molecule has 0 bridgehead atoms. The molecule has 8 atom stereocenters. The Balaban J connectivity index is 0.00000554. The van der Waals surface area contributed by atoms with Gasteiger partial charge in [0.25, 0.3) is 11.8 Å². The number of nitrogens with two attached hydrogens (primary N) is 2. The predicted molar refractivity (Wildman–Crippen MR) is 308 cm³/mol. The molecule has 3 aromatic rings. The first-order chi connectivity index (χ1) is 37.0. The zero-order chi connectivity index (χ0) is 57.5. The molecule has 24 heteroatoms. The zero-order valence-electron chi connectivity index (χ0n) is 47.0. The summed E-state index contributed by atoms with van der Waals surface area (Å²) in [6, 6.07) is 20.6. The summed E-state index contributed by atoms with van der Waals surface area (Å²) in [6.45, 7) is 19.4. The molecule has 0 aromatic heterocycles. The fourth-order valence-corrected chi connectivity index (χ4v) is 10.6. The van der Waals surface area contributed by atoms with E-state index in [4.69, 9.17) is 11.7 Å². The van der Waals surface area contributed by atoms with Gasteiger partial charge >= 0.3 is 0 Å². The van der Waals surface area contributed by atoms with Crippen molar-refractivity contribution >= 4 is 69.3 Å². The fourth-order valence-electron chi connectivity index (χ4n) is 9.00. The van der Waals surface area contributed by atoms with E-state index in [0.717, 1.165) is 9.79 Å². The van der Waals surface area contributed by atoms with Crippen LogP contribution in [-0.2, 0) is 19.2 Å². The molecule has 78 heavy (non-hydrogen) atoms. The quantitative estimate of drug-likeness (QED) is 0.0288. The van der Waals surface area contributed by atoms with Crippen LogP contribution in [0.2, 0.25) is 0 Å². The van der Waals surface area contributed by atoms with Crippen LogP contribution in [0.3, 0.4) is 0 Å². The molecule has 3 aliphatic heterocycles. The lowest BCUT2D eigenvalue weighted by Crippen LogP contribution is -2.59. The number of hydrogen-bond acceptors (Lipinski definition) is 17. The maximum atomic E-state index is 14.7. The number of carbonyl (C=O) groups is 6. The van der Waals surface area contributed by atoms with E-state index < -0.39 is 71.0 Å². The summed E-state index contributed by atoms with van der Waals surface area (Å²) < 4.78 is 0. The van der Waals surface area contributed by atoms with Gasteiger partial charge in [0.1, 0.15) is 12.1 Å². The maximum Gasteiger partial charge on any atom is 0.251 e. The average molecular weight is 1120 g/mol. The number of likely N-dealkylation sites (N-methyl/N-ethyl adjacent to an activating group) is 2. The molecule has 3 aromatic carbocycles. The van der Waals surface area contributed by atoms with E-state index in [0.29, 0.717) is 29.7 Å². The van der Waals surface area contributed by atoms with E-state index in [-0.39, 0.29) is 54.4 Å². The molecule has 4 unspecified atom stereocenters.